The average molecular weight is 369 g/mol. The Hall–Kier alpha value is -1.48. The average Bonchev–Trinajstić information content (AvgIpc) is 3.14. The highest BCUT2D eigenvalue weighted by molar-refractivity contribution is 5.82. The number of esters is 2. The van der Waals surface area contributed by atoms with Gasteiger partial charge in [0.05, 0.1) is 12.1 Å². The van der Waals surface area contributed by atoms with Crippen molar-refractivity contribution >= 4 is 11.9 Å². The number of carbonyl (C=O) groups excluding carboxylic acids is 2. The molecule has 0 aromatic rings. The van der Waals surface area contributed by atoms with Crippen LogP contribution in [0.15, 0.2) is 11.6 Å². The third kappa shape index (κ3) is 3.05. The van der Waals surface area contributed by atoms with Gasteiger partial charge in [0.1, 0.15) is 12.7 Å². The summed E-state index contributed by atoms with van der Waals surface area (Å²) in [5, 5.41) is 31.5. The Morgan fingerprint density at radius 3 is 2.65 bits per heavy atom. The lowest BCUT2D eigenvalue weighted by Crippen LogP contribution is -2.56. The minimum Gasteiger partial charge on any atom is -0.459 e. The van der Waals surface area contributed by atoms with E-state index in [9.17, 15) is 24.9 Å². The molecular weight excluding hydrogens is 342 g/mol. The minimum atomic E-state index is -2.22. The van der Waals surface area contributed by atoms with E-state index in [1.54, 1.807) is 0 Å². The molecule has 6 atom stereocenters. The number of hydrogen-bond donors (Lipinski definition) is 3. The summed E-state index contributed by atoms with van der Waals surface area (Å²) in [6.07, 6.45) is 0.293. The van der Waals surface area contributed by atoms with Crippen LogP contribution >= 0.6 is 0 Å². The molecule has 8 heteroatoms. The third-order valence-electron chi connectivity index (χ3n) is 6.08. The first kappa shape index (κ1) is 19.3. The van der Waals surface area contributed by atoms with Gasteiger partial charge in [-0.25, -0.2) is 9.59 Å². The molecule has 2 saturated heterocycles. The lowest BCUT2D eigenvalue weighted by atomic mass is 9.79. The standard InChI is InChI=1S/C18H27NO7/c1-10-8-18(24,11(2)20)16(22)26-13-5-7-19-6-4-12(14(13)19)9-25-15(21)17(10,3)23/h4,10-11,13-14,20,23-24H,5-9H2,1-3H3/t10?,11-,13-,14-,17-,18+/m1/s1. The van der Waals surface area contributed by atoms with Crippen molar-refractivity contribution in [2.45, 2.75) is 63.1 Å². The molecule has 26 heavy (non-hydrogen) atoms. The van der Waals surface area contributed by atoms with E-state index in [2.05, 4.69) is 4.90 Å². The van der Waals surface area contributed by atoms with E-state index in [1.807, 2.05) is 6.08 Å². The Morgan fingerprint density at radius 2 is 2.00 bits per heavy atom. The van der Waals surface area contributed by atoms with Gasteiger partial charge in [0.15, 0.2) is 11.2 Å². The fraction of sp³-hybridized carbons (Fsp3) is 0.778. The minimum absolute atomic E-state index is 0.0254. The molecule has 1 unspecified atom stereocenters. The van der Waals surface area contributed by atoms with Crippen LogP contribution in [0.1, 0.15) is 33.6 Å². The second kappa shape index (κ2) is 6.60. The lowest BCUT2D eigenvalue weighted by Gasteiger charge is -2.37. The molecule has 3 heterocycles. The van der Waals surface area contributed by atoms with E-state index >= 15 is 0 Å². The quantitative estimate of drug-likeness (QED) is 0.413. The zero-order valence-electron chi connectivity index (χ0n) is 15.3. The number of hydrogen-bond acceptors (Lipinski definition) is 8. The maximum absolute atomic E-state index is 12.7. The predicted molar refractivity (Wildman–Crippen MR) is 89.9 cm³/mol. The van der Waals surface area contributed by atoms with E-state index in [0.29, 0.717) is 13.0 Å². The summed E-state index contributed by atoms with van der Waals surface area (Å²) in [7, 11) is 0. The lowest BCUT2D eigenvalue weighted by molar-refractivity contribution is -0.193. The smallest absolute Gasteiger partial charge is 0.341 e. The Bertz CT molecular complexity index is 629. The zero-order chi connectivity index (χ0) is 19.3. The van der Waals surface area contributed by atoms with E-state index in [-0.39, 0.29) is 19.1 Å². The van der Waals surface area contributed by atoms with Crippen molar-refractivity contribution in [3.63, 3.8) is 0 Å². The molecule has 0 spiro atoms. The number of rotatable bonds is 1. The highest BCUT2D eigenvalue weighted by atomic mass is 16.6. The Balaban J connectivity index is 1.97. The van der Waals surface area contributed by atoms with Crippen LogP contribution in [-0.4, -0.2) is 81.3 Å². The van der Waals surface area contributed by atoms with Crippen LogP contribution in [0, 0.1) is 5.92 Å². The zero-order valence-corrected chi connectivity index (χ0v) is 15.3. The van der Waals surface area contributed by atoms with Crippen LogP contribution in [0.2, 0.25) is 0 Å². The van der Waals surface area contributed by atoms with E-state index in [0.717, 1.165) is 12.1 Å². The van der Waals surface area contributed by atoms with Crippen LogP contribution in [-0.2, 0) is 19.1 Å². The van der Waals surface area contributed by atoms with Crippen molar-refractivity contribution < 1.29 is 34.4 Å². The molecular formula is C18H27NO7. The summed E-state index contributed by atoms with van der Waals surface area (Å²) in [5.74, 6) is -2.60. The Morgan fingerprint density at radius 1 is 1.31 bits per heavy atom. The highest BCUT2D eigenvalue weighted by Crippen LogP contribution is 2.36. The molecule has 0 aliphatic carbocycles. The molecule has 2 fully saturated rings. The fourth-order valence-electron chi connectivity index (χ4n) is 3.95. The highest BCUT2D eigenvalue weighted by Gasteiger charge is 2.52. The monoisotopic (exact) mass is 369 g/mol. The Labute approximate surface area is 152 Å². The van der Waals surface area contributed by atoms with Crippen LogP contribution < -0.4 is 0 Å². The van der Waals surface area contributed by atoms with Gasteiger partial charge in [-0.05, 0) is 38.2 Å². The van der Waals surface area contributed by atoms with Gasteiger partial charge in [-0.2, -0.15) is 0 Å². The molecule has 0 bridgehead atoms. The number of cyclic esters (lactones) is 1. The maximum atomic E-state index is 12.7. The molecule has 3 aliphatic heterocycles. The number of ether oxygens (including phenoxy) is 2. The van der Waals surface area contributed by atoms with Crippen molar-refractivity contribution in [1.29, 1.82) is 0 Å². The maximum Gasteiger partial charge on any atom is 0.341 e. The molecule has 146 valence electrons. The normalized spacial score (nSPS) is 42.8. The molecule has 8 nitrogen and oxygen atoms in total. The van der Waals surface area contributed by atoms with E-state index in [1.165, 1.54) is 20.8 Å². The van der Waals surface area contributed by atoms with Gasteiger partial charge in [0.25, 0.3) is 0 Å². The van der Waals surface area contributed by atoms with Gasteiger partial charge < -0.3 is 24.8 Å². The Kier molecular flexibility index (Phi) is 4.89. The summed E-state index contributed by atoms with van der Waals surface area (Å²) in [6.45, 7) is 5.50. The number of nitrogens with zero attached hydrogens (tertiary/aromatic N) is 1. The fourth-order valence-corrected chi connectivity index (χ4v) is 3.95. The van der Waals surface area contributed by atoms with Crippen LogP contribution in [0.5, 0.6) is 0 Å². The summed E-state index contributed by atoms with van der Waals surface area (Å²) < 4.78 is 10.9. The molecule has 0 aromatic carbocycles. The number of aliphatic hydroxyl groups excluding tert-OH is 1. The SMILES string of the molecule is CC1C[C@](O)([C@@H](C)O)C(=O)O[C@@H]2CCN3CC=C(COC(=O)[C@]1(C)O)[C@H]23. The van der Waals surface area contributed by atoms with Gasteiger partial charge in [0.2, 0.25) is 0 Å². The van der Waals surface area contributed by atoms with Crippen molar-refractivity contribution in [3.05, 3.63) is 11.6 Å². The molecule has 3 aliphatic rings. The first-order chi connectivity index (χ1) is 12.1. The topological polar surface area (TPSA) is 117 Å². The largest absolute Gasteiger partial charge is 0.459 e. The second-order valence-electron chi connectivity index (χ2n) is 7.88. The van der Waals surface area contributed by atoms with Gasteiger partial charge in [-0.1, -0.05) is 13.0 Å². The van der Waals surface area contributed by atoms with Gasteiger partial charge >= 0.3 is 11.9 Å². The molecule has 3 N–H and O–H groups in total. The molecule has 0 aromatic heterocycles. The summed E-state index contributed by atoms with van der Waals surface area (Å²) in [6, 6.07) is -0.216. The van der Waals surface area contributed by atoms with Crippen LogP contribution in [0.25, 0.3) is 0 Å². The number of aliphatic hydroxyl groups is 3. The third-order valence-corrected chi connectivity index (χ3v) is 6.08. The first-order valence-electron chi connectivity index (χ1n) is 9.01. The van der Waals surface area contributed by atoms with E-state index < -0.39 is 41.3 Å². The number of carbonyl (C=O) groups is 2. The first-order valence-corrected chi connectivity index (χ1v) is 9.01. The van der Waals surface area contributed by atoms with Crippen molar-refractivity contribution in [1.82, 2.24) is 4.90 Å². The molecule has 0 saturated carbocycles. The summed E-state index contributed by atoms with van der Waals surface area (Å²) in [5.41, 5.74) is -3.33. The predicted octanol–water partition coefficient (Wildman–Crippen LogP) is -0.642. The van der Waals surface area contributed by atoms with Crippen molar-refractivity contribution in [2.75, 3.05) is 19.7 Å². The van der Waals surface area contributed by atoms with Gasteiger partial charge in [-0.3, -0.25) is 4.90 Å². The van der Waals surface area contributed by atoms with Crippen molar-refractivity contribution in [3.8, 4) is 0 Å². The van der Waals surface area contributed by atoms with Crippen molar-refractivity contribution in [2.24, 2.45) is 5.92 Å². The van der Waals surface area contributed by atoms with E-state index in [4.69, 9.17) is 9.47 Å². The second-order valence-corrected chi connectivity index (χ2v) is 7.88. The summed E-state index contributed by atoms with van der Waals surface area (Å²) >= 11 is 0. The van der Waals surface area contributed by atoms with Crippen LogP contribution in [0.3, 0.4) is 0 Å². The molecule has 3 rings (SSSR count). The van der Waals surface area contributed by atoms with Gasteiger partial charge in [0, 0.05) is 13.1 Å². The van der Waals surface area contributed by atoms with Crippen LogP contribution in [0.4, 0.5) is 0 Å². The molecule has 0 radical (unpaired) electrons. The van der Waals surface area contributed by atoms with Gasteiger partial charge in [-0.15, -0.1) is 0 Å². The molecule has 0 amide bonds. The summed E-state index contributed by atoms with van der Waals surface area (Å²) in [4.78, 5) is 27.3.